The predicted molar refractivity (Wildman–Crippen MR) is 66.7 cm³/mol. The molecule has 16 heavy (non-hydrogen) atoms. The molecule has 0 radical (unpaired) electrons. The second-order valence-electron chi connectivity index (χ2n) is 4.11. The molecule has 0 aromatic heterocycles. The second kappa shape index (κ2) is 5.68. The number of nitriles is 2. The fourth-order valence-electron chi connectivity index (χ4n) is 1.60. The van der Waals surface area contributed by atoms with Crippen LogP contribution in [0.25, 0.3) is 0 Å². The molecule has 1 rings (SSSR count). The summed E-state index contributed by atoms with van der Waals surface area (Å²) in [6, 6.07) is 7.97. The zero-order chi connectivity index (χ0) is 12.1. The molecule has 0 saturated carbocycles. The average molecular weight is 277 g/mol. The molecule has 0 fully saturated rings. The zero-order valence-corrected chi connectivity index (χ0v) is 11.0. The molecule has 82 valence electrons. The number of hydrogen-bond donors (Lipinski definition) is 0. The molecule has 0 heterocycles. The largest absolute Gasteiger partial charge is 0.198 e. The van der Waals surface area contributed by atoms with Gasteiger partial charge in [0.2, 0.25) is 0 Å². The lowest BCUT2D eigenvalue weighted by Gasteiger charge is -2.12. The summed E-state index contributed by atoms with van der Waals surface area (Å²) in [5, 5.41) is 17.7. The number of nitrogens with zero attached hydrogens (tertiary/aromatic N) is 2. The molecular formula is C13H13BrN2. The Balaban J connectivity index is 3.25. The SMILES string of the molecule is CC(C)Cc1c(C#N)ccc(CC#N)c1Br. The lowest BCUT2D eigenvalue weighted by Crippen LogP contribution is -2.01. The van der Waals surface area contributed by atoms with Crippen molar-refractivity contribution in [1.82, 2.24) is 0 Å². The van der Waals surface area contributed by atoms with Crippen molar-refractivity contribution in [2.75, 3.05) is 0 Å². The molecular weight excluding hydrogens is 264 g/mol. The van der Waals surface area contributed by atoms with Crippen LogP contribution in [0.3, 0.4) is 0 Å². The summed E-state index contributed by atoms with van der Waals surface area (Å²) in [5.41, 5.74) is 2.67. The summed E-state index contributed by atoms with van der Waals surface area (Å²) in [7, 11) is 0. The molecule has 0 aliphatic heterocycles. The lowest BCUT2D eigenvalue weighted by molar-refractivity contribution is 0.644. The van der Waals surface area contributed by atoms with Gasteiger partial charge in [-0.1, -0.05) is 35.8 Å². The van der Waals surface area contributed by atoms with Gasteiger partial charge in [-0.25, -0.2) is 0 Å². The predicted octanol–water partition coefficient (Wildman–Crippen LogP) is 3.59. The Morgan fingerprint density at radius 1 is 1.31 bits per heavy atom. The van der Waals surface area contributed by atoms with Gasteiger partial charge >= 0.3 is 0 Å². The van der Waals surface area contributed by atoms with Crippen LogP contribution in [-0.4, -0.2) is 0 Å². The van der Waals surface area contributed by atoms with Gasteiger partial charge in [0.1, 0.15) is 0 Å². The van der Waals surface area contributed by atoms with Crippen LogP contribution >= 0.6 is 15.9 Å². The van der Waals surface area contributed by atoms with Crippen LogP contribution in [0.15, 0.2) is 16.6 Å². The van der Waals surface area contributed by atoms with E-state index in [0.29, 0.717) is 17.9 Å². The first-order valence-corrected chi connectivity index (χ1v) is 5.96. The van der Waals surface area contributed by atoms with E-state index in [2.05, 4.69) is 41.9 Å². The van der Waals surface area contributed by atoms with Crippen molar-refractivity contribution in [2.24, 2.45) is 5.92 Å². The van der Waals surface area contributed by atoms with Crippen molar-refractivity contribution in [3.8, 4) is 12.1 Å². The monoisotopic (exact) mass is 276 g/mol. The van der Waals surface area contributed by atoms with Crippen LogP contribution in [0.2, 0.25) is 0 Å². The van der Waals surface area contributed by atoms with Crippen molar-refractivity contribution >= 4 is 15.9 Å². The Hall–Kier alpha value is -1.32. The van der Waals surface area contributed by atoms with Gasteiger partial charge in [-0.05, 0) is 29.5 Å². The second-order valence-corrected chi connectivity index (χ2v) is 4.90. The Bertz CT molecular complexity index is 464. The van der Waals surface area contributed by atoms with Crippen LogP contribution in [0.1, 0.15) is 30.5 Å². The Morgan fingerprint density at radius 2 is 2.00 bits per heavy atom. The summed E-state index contributed by atoms with van der Waals surface area (Å²) < 4.78 is 0.918. The highest BCUT2D eigenvalue weighted by Crippen LogP contribution is 2.27. The summed E-state index contributed by atoms with van der Waals surface area (Å²) in [5.74, 6) is 0.487. The summed E-state index contributed by atoms with van der Waals surface area (Å²) in [4.78, 5) is 0. The van der Waals surface area contributed by atoms with E-state index in [-0.39, 0.29) is 0 Å². The molecule has 1 aromatic carbocycles. The Labute approximate surface area is 105 Å². The number of rotatable bonds is 3. The topological polar surface area (TPSA) is 47.6 Å². The van der Waals surface area contributed by atoms with Crippen molar-refractivity contribution in [3.63, 3.8) is 0 Å². The fourth-order valence-corrected chi connectivity index (χ4v) is 2.25. The van der Waals surface area contributed by atoms with Gasteiger partial charge in [0.15, 0.2) is 0 Å². The minimum atomic E-state index is 0.372. The van der Waals surface area contributed by atoms with Gasteiger partial charge in [-0.3, -0.25) is 0 Å². The van der Waals surface area contributed by atoms with Gasteiger partial charge in [0, 0.05) is 4.47 Å². The number of hydrogen-bond acceptors (Lipinski definition) is 2. The smallest absolute Gasteiger partial charge is 0.0994 e. The van der Waals surface area contributed by atoms with Crippen molar-refractivity contribution < 1.29 is 0 Å². The van der Waals surface area contributed by atoms with E-state index in [0.717, 1.165) is 22.0 Å². The van der Waals surface area contributed by atoms with Gasteiger partial charge in [-0.2, -0.15) is 10.5 Å². The van der Waals surface area contributed by atoms with Crippen LogP contribution < -0.4 is 0 Å². The van der Waals surface area contributed by atoms with Crippen molar-refractivity contribution in [3.05, 3.63) is 33.3 Å². The molecule has 0 saturated heterocycles. The fraction of sp³-hybridized carbons (Fsp3) is 0.385. The number of benzene rings is 1. The molecule has 2 nitrogen and oxygen atoms in total. The maximum atomic E-state index is 9.04. The van der Waals surface area contributed by atoms with E-state index in [9.17, 15) is 0 Å². The summed E-state index contributed by atoms with van der Waals surface area (Å²) in [6.07, 6.45) is 1.22. The first kappa shape index (κ1) is 12.7. The maximum absolute atomic E-state index is 9.04. The molecule has 0 atom stereocenters. The van der Waals surface area contributed by atoms with Crippen LogP contribution in [0, 0.1) is 28.6 Å². The first-order chi connectivity index (χ1) is 7.60. The first-order valence-electron chi connectivity index (χ1n) is 5.17. The van der Waals surface area contributed by atoms with Gasteiger partial charge < -0.3 is 0 Å². The van der Waals surface area contributed by atoms with Gasteiger partial charge in [0.05, 0.1) is 24.1 Å². The standard InChI is InChI=1S/C13H13BrN2/c1-9(2)7-12-11(8-16)4-3-10(5-6-15)13(12)14/h3-4,9H,5,7H2,1-2H3. The summed E-state index contributed by atoms with van der Waals surface area (Å²) >= 11 is 3.50. The average Bonchev–Trinajstić information content (AvgIpc) is 2.24. The maximum Gasteiger partial charge on any atom is 0.0994 e. The van der Waals surface area contributed by atoms with Crippen molar-refractivity contribution in [1.29, 1.82) is 10.5 Å². The molecule has 0 aliphatic rings. The third-order valence-corrected chi connectivity index (χ3v) is 3.31. The van der Waals surface area contributed by atoms with E-state index >= 15 is 0 Å². The van der Waals surface area contributed by atoms with Crippen LogP contribution in [0.4, 0.5) is 0 Å². The summed E-state index contributed by atoms with van der Waals surface area (Å²) in [6.45, 7) is 4.23. The quantitative estimate of drug-likeness (QED) is 0.847. The highest BCUT2D eigenvalue weighted by Gasteiger charge is 2.12. The minimum absolute atomic E-state index is 0.372. The normalized spacial score (nSPS) is 9.88. The Morgan fingerprint density at radius 3 is 2.50 bits per heavy atom. The van der Waals surface area contributed by atoms with Crippen LogP contribution in [-0.2, 0) is 12.8 Å². The molecule has 0 bridgehead atoms. The highest BCUT2D eigenvalue weighted by atomic mass is 79.9. The molecule has 0 aliphatic carbocycles. The molecule has 0 spiro atoms. The molecule has 0 N–H and O–H groups in total. The highest BCUT2D eigenvalue weighted by molar-refractivity contribution is 9.10. The van der Waals surface area contributed by atoms with Crippen molar-refractivity contribution in [2.45, 2.75) is 26.7 Å². The molecule has 1 aromatic rings. The molecule has 0 amide bonds. The van der Waals surface area contributed by atoms with Gasteiger partial charge in [0.25, 0.3) is 0 Å². The third-order valence-electron chi connectivity index (χ3n) is 2.33. The van der Waals surface area contributed by atoms with Gasteiger partial charge in [-0.15, -0.1) is 0 Å². The third kappa shape index (κ3) is 2.84. The zero-order valence-electron chi connectivity index (χ0n) is 9.42. The van der Waals surface area contributed by atoms with E-state index in [1.165, 1.54) is 0 Å². The van der Waals surface area contributed by atoms with E-state index in [1.807, 2.05) is 6.07 Å². The minimum Gasteiger partial charge on any atom is -0.198 e. The molecule has 0 unspecified atom stereocenters. The Kier molecular flexibility index (Phi) is 4.52. The van der Waals surface area contributed by atoms with E-state index < -0.39 is 0 Å². The van der Waals surface area contributed by atoms with E-state index in [4.69, 9.17) is 10.5 Å². The van der Waals surface area contributed by atoms with Crippen LogP contribution in [0.5, 0.6) is 0 Å². The molecule has 3 heteroatoms. The number of halogens is 1. The van der Waals surface area contributed by atoms with E-state index in [1.54, 1.807) is 6.07 Å². The lowest BCUT2D eigenvalue weighted by atomic mass is 9.96.